The van der Waals surface area contributed by atoms with Crippen molar-refractivity contribution in [2.24, 2.45) is 50.2 Å². The van der Waals surface area contributed by atoms with Gasteiger partial charge in [0.1, 0.15) is 12.2 Å². The molecule has 0 saturated heterocycles. The summed E-state index contributed by atoms with van der Waals surface area (Å²) >= 11 is 0. The number of rotatable bonds is 7. The quantitative estimate of drug-likeness (QED) is 0.162. The number of hydrogen-bond donors (Lipinski definition) is 4. The van der Waals surface area contributed by atoms with Crippen molar-refractivity contribution in [3.63, 3.8) is 0 Å². The third-order valence-electron chi connectivity index (χ3n) is 14.5. The van der Waals surface area contributed by atoms with Crippen molar-refractivity contribution in [1.82, 2.24) is 0 Å². The topological polar surface area (TPSA) is 134 Å². The third kappa shape index (κ3) is 4.98. The van der Waals surface area contributed by atoms with Crippen LogP contribution < -0.4 is 0 Å². The molecule has 0 aromatic heterocycles. The van der Waals surface area contributed by atoms with Crippen LogP contribution in [0.2, 0.25) is 0 Å². The van der Waals surface area contributed by atoms with Crippen molar-refractivity contribution < 1.29 is 39.5 Å². The molecule has 0 radical (unpaired) electrons. The van der Waals surface area contributed by atoms with E-state index in [1.165, 1.54) is 17.7 Å². The number of fused-ring (bicyclic) bond motifs is 7. The molecule has 5 aliphatic carbocycles. The Kier molecular flexibility index (Phi) is 9.40. The summed E-state index contributed by atoms with van der Waals surface area (Å²) in [6.45, 7) is 18.3. The number of ether oxygens (including phenoxy) is 2. The highest BCUT2D eigenvalue weighted by Crippen LogP contribution is 2.76. The van der Waals surface area contributed by atoms with Crippen LogP contribution in [-0.2, 0) is 19.1 Å². The molecule has 4 fully saturated rings. The van der Waals surface area contributed by atoms with E-state index in [2.05, 4.69) is 39.5 Å². The van der Waals surface area contributed by atoms with E-state index < -0.39 is 64.6 Å². The van der Waals surface area contributed by atoms with E-state index in [0.717, 1.165) is 25.7 Å². The van der Waals surface area contributed by atoms with Crippen molar-refractivity contribution in [3.05, 3.63) is 48.6 Å². The van der Waals surface area contributed by atoms with Crippen LogP contribution in [0.4, 0.5) is 0 Å². The summed E-state index contributed by atoms with van der Waals surface area (Å²) in [7, 11) is 0. The van der Waals surface area contributed by atoms with Crippen LogP contribution in [0.5, 0.6) is 0 Å². The molecule has 0 aromatic rings. The van der Waals surface area contributed by atoms with E-state index in [1.807, 2.05) is 13.8 Å². The maximum atomic E-state index is 12.6. The van der Waals surface area contributed by atoms with E-state index in [-0.39, 0.29) is 35.2 Å². The number of carbonyl (C=O) groups excluding carboxylic acids is 2. The first-order valence-corrected chi connectivity index (χ1v) is 17.6. The van der Waals surface area contributed by atoms with Crippen LogP contribution in [0, 0.1) is 50.2 Å². The Balaban J connectivity index is 1.57. The van der Waals surface area contributed by atoms with Gasteiger partial charge >= 0.3 is 11.9 Å². The minimum atomic E-state index is -1.28. The summed E-state index contributed by atoms with van der Waals surface area (Å²) in [5.41, 5.74) is -2.41. The zero-order valence-electron chi connectivity index (χ0n) is 29.5. The lowest BCUT2D eigenvalue weighted by Crippen LogP contribution is -2.72. The second-order valence-electron chi connectivity index (χ2n) is 16.8. The highest BCUT2D eigenvalue weighted by atomic mass is 16.6. The maximum Gasteiger partial charge on any atom is 0.330 e. The van der Waals surface area contributed by atoms with Crippen molar-refractivity contribution in [1.29, 1.82) is 0 Å². The Morgan fingerprint density at radius 3 is 2.21 bits per heavy atom. The number of hydrogen-bond acceptors (Lipinski definition) is 8. The van der Waals surface area contributed by atoms with Gasteiger partial charge in [-0.05, 0) is 92.8 Å². The Labute approximate surface area is 281 Å². The molecule has 8 nitrogen and oxygen atoms in total. The maximum absolute atomic E-state index is 12.6. The number of allylic oxidation sites excluding steroid dienone is 5. The Morgan fingerprint density at radius 2 is 1.60 bits per heavy atom. The molecule has 4 N–H and O–H groups in total. The fourth-order valence-corrected chi connectivity index (χ4v) is 11.8. The molecule has 0 bridgehead atoms. The van der Waals surface area contributed by atoms with E-state index in [9.17, 15) is 30.0 Å². The number of aliphatic hydroxyl groups is 4. The average molecular weight is 655 g/mol. The lowest BCUT2D eigenvalue weighted by atomic mass is 9.32. The Bertz CT molecular complexity index is 1350. The molecule has 5 aliphatic rings. The molecule has 0 heterocycles. The van der Waals surface area contributed by atoms with Crippen molar-refractivity contribution >= 4 is 11.9 Å². The smallest absolute Gasteiger partial charge is 0.330 e. The number of aliphatic hydroxyl groups excluding tert-OH is 4. The molecule has 262 valence electrons. The fraction of sp³-hybridized carbons (Fsp3) is 0.744. The van der Waals surface area contributed by atoms with Crippen LogP contribution in [0.15, 0.2) is 48.6 Å². The monoisotopic (exact) mass is 654 g/mol. The van der Waals surface area contributed by atoms with Gasteiger partial charge in [-0.25, -0.2) is 9.59 Å². The molecule has 0 aliphatic heterocycles. The Morgan fingerprint density at radius 1 is 0.936 bits per heavy atom. The van der Waals surface area contributed by atoms with Gasteiger partial charge in [-0.1, -0.05) is 64.5 Å². The average Bonchev–Trinajstić information content (AvgIpc) is 3.00. The van der Waals surface area contributed by atoms with Gasteiger partial charge in [-0.3, -0.25) is 0 Å². The first-order chi connectivity index (χ1) is 22.0. The van der Waals surface area contributed by atoms with Crippen molar-refractivity contribution in [2.45, 2.75) is 118 Å². The summed E-state index contributed by atoms with van der Waals surface area (Å²) in [4.78, 5) is 25.0. The predicted molar refractivity (Wildman–Crippen MR) is 180 cm³/mol. The van der Waals surface area contributed by atoms with Gasteiger partial charge in [0.2, 0.25) is 0 Å². The zero-order valence-corrected chi connectivity index (χ0v) is 29.5. The van der Waals surface area contributed by atoms with Gasteiger partial charge in [0.25, 0.3) is 0 Å². The molecule has 8 heteroatoms. The number of esters is 2. The third-order valence-corrected chi connectivity index (χ3v) is 14.5. The fourth-order valence-electron chi connectivity index (χ4n) is 11.8. The summed E-state index contributed by atoms with van der Waals surface area (Å²) in [5.74, 6) is -1.08. The standard InChI is InChI=1S/C39H58O8/c1-9-12-30(43)46-23-35(6)26-16-18-36(7)27(38(26,11-3)19-17-28(35)41)15-14-24-25-20-34(4,5)33(47-31(44)13-10-2)32(45)39(25,22-40)29(42)21-37(24,36)8/h9-14,25-29,32-33,40-42,45H,3,15-23H2,1-2,4-8H3/b12-9+,13-10+/t25?,26?,27?,28-,29+,32-,33-,35+,36+,37+,38-,39-/m0/s1. The molecule has 3 unspecified atom stereocenters. The SMILES string of the molecule is C=C[C@]12CC[C@H](O)[C@](C)(COC(=O)/C=C/C)C1CC[C@]1(C)C2CC=C2C3CC(C)(C)[C@@H](OC(=O)/C=C/C)[C@H](O)[C@]3(CO)[C@H](O)C[C@]21C. The highest BCUT2D eigenvalue weighted by molar-refractivity contribution is 5.82. The first kappa shape index (κ1) is 36.0. The van der Waals surface area contributed by atoms with Crippen LogP contribution in [0.3, 0.4) is 0 Å². The highest BCUT2D eigenvalue weighted by Gasteiger charge is 2.73. The molecule has 4 saturated carbocycles. The molecule has 5 rings (SSSR count). The van der Waals surface area contributed by atoms with Gasteiger partial charge in [0.15, 0.2) is 0 Å². The Hall–Kier alpha value is -2.26. The van der Waals surface area contributed by atoms with Gasteiger partial charge in [0.05, 0.1) is 30.8 Å². The molecule has 0 spiro atoms. The lowest BCUT2D eigenvalue weighted by molar-refractivity contribution is -0.260. The van der Waals surface area contributed by atoms with E-state index >= 15 is 0 Å². The van der Waals surface area contributed by atoms with Gasteiger partial charge in [-0.2, -0.15) is 0 Å². The summed E-state index contributed by atoms with van der Waals surface area (Å²) in [5, 5.41) is 46.7. The van der Waals surface area contributed by atoms with Gasteiger partial charge < -0.3 is 29.9 Å². The zero-order chi connectivity index (χ0) is 34.8. The van der Waals surface area contributed by atoms with E-state index in [4.69, 9.17) is 9.47 Å². The summed E-state index contributed by atoms with van der Waals surface area (Å²) < 4.78 is 11.6. The second-order valence-corrected chi connectivity index (χ2v) is 16.8. The van der Waals surface area contributed by atoms with Gasteiger partial charge in [0, 0.05) is 23.0 Å². The number of carbonyl (C=O) groups is 2. The minimum absolute atomic E-state index is 0.0411. The minimum Gasteiger partial charge on any atom is -0.462 e. The largest absolute Gasteiger partial charge is 0.462 e. The lowest BCUT2D eigenvalue weighted by Gasteiger charge is -2.72. The molecular formula is C39H58O8. The van der Waals surface area contributed by atoms with E-state index in [0.29, 0.717) is 19.3 Å². The van der Waals surface area contributed by atoms with Crippen LogP contribution in [0.25, 0.3) is 0 Å². The van der Waals surface area contributed by atoms with Crippen LogP contribution in [-0.4, -0.2) is 70.0 Å². The molecule has 47 heavy (non-hydrogen) atoms. The normalized spacial score (nSPS) is 47.2. The predicted octanol–water partition coefficient (Wildman–Crippen LogP) is 5.45. The molecule has 0 aromatic carbocycles. The van der Waals surface area contributed by atoms with Crippen LogP contribution >= 0.6 is 0 Å². The van der Waals surface area contributed by atoms with Crippen molar-refractivity contribution in [2.75, 3.05) is 13.2 Å². The molecule has 12 atom stereocenters. The van der Waals surface area contributed by atoms with Crippen molar-refractivity contribution in [3.8, 4) is 0 Å². The first-order valence-electron chi connectivity index (χ1n) is 17.6. The van der Waals surface area contributed by atoms with Crippen LogP contribution in [0.1, 0.15) is 93.4 Å². The second kappa shape index (κ2) is 12.3. The summed E-state index contributed by atoms with van der Waals surface area (Å²) in [6, 6.07) is 0. The van der Waals surface area contributed by atoms with E-state index in [1.54, 1.807) is 26.0 Å². The molecule has 0 amide bonds. The molecular weight excluding hydrogens is 596 g/mol. The van der Waals surface area contributed by atoms with Gasteiger partial charge in [-0.15, -0.1) is 6.58 Å². The summed E-state index contributed by atoms with van der Waals surface area (Å²) in [6.07, 6.45) is 11.3.